The minimum absolute atomic E-state index is 0.00630. The van der Waals surface area contributed by atoms with Gasteiger partial charge in [-0.15, -0.1) is 0 Å². The number of nitrogens with two attached hydrogens (primary N) is 1. The summed E-state index contributed by atoms with van der Waals surface area (Å²) in [5, 5.41) is 8.35. The summed E-state index contributed by atoms with van der Waals surface area (Å²) in [6, 6.07) is 6.13. The van der Waals surface area contributed by atoms with Gasteiger partial charge in [0.15, 0.2) is 0 Å². The molecule has 0 saturated heterocycles. The Bertz CT molecular complexity index is 429. The van der Waals surface area contributed by atoms with E-state index in [1.54, 1.807) is 0 Å². The van der Waals surface area contributed by atoms with E-state index in [4.69, 9.17) is 5.73 Å². The number of aromatic nitrogens is 2. The number of hydrogen-bond donors (Lipinski definition) is 2. The van der Waals surface area contributed by atoms with Crippen LogP contribution in [0, 0.1) is 6.92 Å². The normalized spacial score (nSPS) is 13.5. The quantitative estimate of drug-likeness (QED) is 0.695. The number of nitrogens with zero attached hydrogens (tertiary/aromatic N) is 1. The van der Waals surface area contributed by atoms with Crippen molar-refractivity contribution in [3.05, 3.63) is 29.5 Å². The third kappa shape index (κ3) is 1.21. The number of H-pyrrole nitrogens is 1. The molecule has 0 fully saturated rings. The lowest BCUT2D eigenvalue weighted by molar-refractivity contribution is 0.779. The zero-order chi connectivity index (χ0) is 9.42. The number of aromatic amines is 1. The van der Waals surface area contributed by atoms with Crippen LogP contribution in [0.4, 0.5) is 0 Å². The minimum Gasteiger partial charge on any atom is -0.323 e. The van der Waals surface area contributed by atoms with Crippen LogP contribution in [0.5, 0.6) is 0 Å². The Hall–Kier alpha value is -1.35. The smallest absolute Gasteiger partial charge is 0.0953 e. The Labute approximate surface area is 76.9 Å². The molecule has 3 nitrogen and oxygen atoms in total. The molecule has 3 heteroatoms. The van der Waals surface area contributed by atoms with Gasteiger partial charge in [-0.1, -0.05) is 18.2 Å². The van der Waals surface area contributed by atoms with Crippen LogP contribution in [-0.2, 0) is 0 Å². The Balaban J connectivity index is 2.75. The van der Waals surface area contributed by atoms with E-state index in [9.17, 15) is 0 Å². The standard InChI is InChI=1S/C10H13N3/c1-6-4-3-5-8-9(6)12-13-10(8)7(2)11/h3-5,7H,11H2,1-2H3,(H,12,13). The molecular formula is C10H13N3. The van der Waals surface area contributed by atoms with Crippen LogP contribution in [0.15, 0.2) is 18.2 Å². The predicted octanol–water partition coefficient (Wildman–Crippen LogP) is 1.89. The van der Waals surface area contributed by atoms with Gasteiger partial charge in [0.25, 0.3) is 0 Å². The second-order valence-electron chi connectivity index (χ2n) is 3.40. The van der Waals surface area contributed by atoms with Gasteiger partial charge in [0.2, 0.25) is 0 Å². The minimum atomic E-state index is 0.00630. The lowest BCUT2D eigenvalue weighted by Crippen LogP contribution is -2.05. The fraction of sp³-hybridized carbons (Fsp3) is 0.300. The second-order valence-corrected chi connectivity index (χ2v) is 3.40. The summed E-state index contributed by atoms with van der Waals surface area (Å²) in [6.45, 7) is 4.00. The summed E-state index contributed by atoms with van der Waals surface area (Å²) in [6.07, 6.45) is 0. The summed E-state index contributed by atoms with van der Waals surface area (Å²) in [5.41, 5.74) is 9.02. The fourth-order valence-electron chi connectivity index (χ4n) is 1.55. The van der Waals surface area contributed by atoms with E-state index in [1.165, 1.54) is 5.56 Å². The average molecular weight is 175 g/mol. The van der Waals surface area contributed by atoms with Crippen molar-refractivity contribution in [1.29, 1.82) is 0 Å². The Morgan fingerprint density at radius 2 is 2.23 bits per heavy atom. The van der Waals surface area contributed by atoms with Crippen molar-refractivity contribution < 1.29 is 0 Å². The first-order valence-electron chi connectivity index (χ1n) is 4.39. The zero-order valence-electron chi connectivity index (χ0n) is 7.83. The van der Waals surface area contributed by atoms with Gasteiger partial charge in [-0.3, -0.25) is 5.10 Å². The number of para-hydroxylation sites is 1. The number of rotatable bonds is 1. The molecule has 0 aliphatic rings. The van der Waals surface area contributed by atoms with E-state index in [2.05, 4.69) is 10.2 Å². The van der Waals surface area contributed by atoms with Crippen LogP contribution in [0.3, 0.4) is 0 Å². The lowest BCUT2D eigenvalue weighted by atomic mass is 10.1. The molecule has 13 heavy (non-hydrogen) atoms. The maximum atomic E-state index is 5.80. The Morgan fingerprint density at radius 1 is 1.46 bits per heavy atom. The molecule has 3 N–H and O–H groups in total. The van der Waals surface area contributed by atoms with Crippen LogP contribution in [0.25, 0.3) is 10.9 Å². The first kappa shape index (κ1) is 8.26. The molecule has 0 aliphatic heterocycles. The summed E-state index contributed by atoms with van der Waals surface area (Å²) < 4.78 is 0. The lowest BCUT2D eigenvalue weighted by Gasteiger charge is -2.01. The van der Waals surface area contributed by atoms with Gasteiger partial charge in [-0.05, 0) is 19.4 Å². The van der Waals surface area contributed by atoms with Crippen molar-refractivity contribution in [1.82, 2.24) is 10.2 Å². The molecule has 68 valence electrons. The van der Waals surface area contributed by atoms with E-state index in [-0.39, 0.29) is 6.04 Å². The fourth-order valence-corrected chi connectivity index (χ4v) is 1.55. The highest BCUT2D eigenvalue weighted by molar-refractivity contribution is 5.84. The van der Waals surface area contributed by atoms with Crippen molar-refractivity contribution >= 4 is 10.9 Å². The van der Waals surface area contributed by atoms with Crippen molar-refractivity contribution in [3.8, 4) is 0 Å². The van der Waals surface area contributed by atoms with Gasteiger partial charge in [0.05, 0.1) is 11.2 Å². The number of fused-ring (bicyclic) bond motifs is 1. The van der Waals surface area contributed by atoms with Crippen LogP contribution >= 0.6 is 0 Å². The topological polar surface area (TPSA) is 54.7 Å². The highest BCUT2D eigenvalue weighted by Gasteiger charge is 2.09. The van der Waals surface area contributed by atoms with Crippen molar-refractivity contribution in [2.24, 2.45) is 5.73 Å². The molecule has 1 aromatic carbocycles. The Morgan fingerprint density at radius 3 is 2.92 bits per heavy atom. The zero-order valence-corrected chi connectivity index (χ0v) is 7.83. The molecule has 0 radical (unpaired) electrons. The van der Waals surface area contributed by atoms with Gasteiger partial charge in [0.1, 0.15) is 0 Å². The highest BCUT2D eigenvalue weighted by atomic mass is 15.1. The van der Waals surface area contributed by atoms with Crippen LogP contribution < -0.4 is 5.73 Å². The van der Waals surface area contributed by atoms with Crippen LogP contribution in [0.1, 0.15) is 24.2 Å². The summed E-state index contributed by atoms with van der Waals surface area (Å²) in [5.74, 6) is 0. The summed E-state index contributed by atoms with van der Waals surface area (Å²) >= 11 is 0. The highest BCUT2D eigenvalue weighted by Crippen LogP contribution is 2.22. The van der Waals surface area contributed by atoms with Crippen LogP contribution in [-0.4, -0.2) is 10.2 Å². The Kier molecular flexibility index (Phi) is 1.81. The molecule has 2 rings (SSSR count). The van der Waals surface area contributed by atoms with E-state index < -0.39 is 0 Å². The largest absolute Gasteiger partial charge is 0.323 e. The van der Waals surface area contributed by atoms with E-state index in [0.717, 1.165) is 16.6 Å². The SMILES string of the molecule is Cc1cccc2c(C(C)N)[nH]nc12. The molecule has 0 saturated carbocycles. The average Bonchev–Trinajstić information content (AvgIpc) is 2.48. The molecule has 2 aromatic rings. The third-order valence-corrected chi connectivity index (χ3v) is 2.27. The van der Waals surface area contributed by atoms with Gasteiger partial charge in [-0.25, -0.2) is 0 Å². The first-order chi connectivity index (χ1) is 6.20. The monoisotopic (exact) mass is 175 g/mol. The maximum Gasteiger partial charge on any atom is 0.0953 e. The molecule has 0 spiro atoms. The van der Waals surface area contributed by atoms with Gasteiger partial charge in [-0.2, -0.15) is 5.10 Å². The second kappa shape index (κ2) is 2.85. The molecule has 1 aromatic heterocycles. The first-order valence-corrected chi connectivity index (χ1v) is 4.39. The summed E-state index contributed by atoms with van der Waals surface area (Å²) in [4.78, 5) is 0. The van der Waals surface area contributed by atoms with Crippen molar-refractivity contribution in [2.45, 2.75) is 19.9 Å². The molecule has 1 atom stereocenters. The molecule has 0 bridgehead atoms. The summed E-state index contributed by atoms with van der Waals surface area (Å²) in [7, 11) is 0. The van der Waals surface area contributed by atoms with Crippen molar-refractivity contribution in [3.63, 3.8) is 0 Å². The molecule has 1 heterocycles. The molecule has 0 amide bonds. The van der Waals surface area contributed by atoms with Crippen molar-refractivity contribution in [2.75, 3.05) is 0 Å². The number of nitrogens with one attached hydrogen (secondary N) is 1. The number of hydrogen-bond acceptors (Lipinski definition) is 2. The number of benzene rings is 1. The predicted molar refractivity (Wildman–Crippen MR) is 53.4 cm³/mol. The molecule has 1 unspecified atom stereocenters. The third-order valence-electron chi connectivity index (χ3n) is 2.27. The van der Waals surface area contributed by atoms with Gasteiger partial charge < -0.3 is 5.73 Å². The van der Waals surface area contributed by atoms with E-state index >= 15 is 0 Å². The molecular weight excluding hydrogens is 162 g/mol. The van der Waals surface area contributed by atoms with E-state index in [0.29, 0.717) is 0 Å². The molecule has 0 aliphatic carbocycles. The van der Waals surface area contributed by atoms with Gasteiger partial charge >= 0.3 is 0 Å². The van der Waals surface area contributed by atoms with Crippen LogP contribution in [0.2, 0.25) is 0 Å². The van der Waals surface area contributed by atoms with Gasteiger partial charge in [0, 0.05) is 11.4 Å². The number of aryl methyl sites for hydroxylation is 1. The maximum absolute atomic E-state index is 5.80. The van der Waals surface area contributed by atoms with E-state index in [1.807, 2.05) is 32.0 Å².